The normalized spacial score (nSPS) is 7.50. The van der Waals surface area contributed by atoms with Crippen molar-refractivity contribution < 1.29 is 21.1 Å². The number of nitrogens with two attached hydrogens (primary N) is 7. The summed E-state index contributed by atoms with van der Waals surface area (Å²) in [6.45, 7) is 0. The Labute approximate surface area is 263 Å². The van der Waals surface area contributed by atoms with Gasteiger partial charge in [-0.2, -0.15) is 0 Å². The van der Waals surface area contributed by atoms with Crippen molar-refractivity contribution in [1.29, 1.82) is 0 Å². The molecule has 172 valence electrons. The van der Waals surface area contributed by atoms with Crippen LogP contribution in [0.15, 0.2) is 0 Å². The summed E-state index contributed by atoms with van der Waals surface area (Å²) in [6, 6.07) is 0. The molecule has 0 amide bonds. The Morgan fingerprint density at radius 1 is 0.467 bits per heavy atom. The van der Waals surface area contributed by atoms with Gasteiger partial charge >= 0.3 is 21.1 Å². The third-order valence-corrected chi connectivity index (χ3v) is 10.5. The van der Waals surface area contributed by atoms with E-state index in [0.29, 0.717) is 13.0 Å². The zero-order valence-electron chi connectivity index (χ0n) is 14.1. The monoisotopic (exact) mass is 773 g/mol. The smallest absolute Gasteiger partial charge is 0.415 e. The summed E-state index contributed by atoms with van der Waals surface area (Å²) in [5.74, 6) is 0. The molecular weight excluding hydrogens is 758 g/mol. The molecule has 0 heterocycles. The summed E-state index contributed by atoms with van der Waals surface area (Å²) in [7, 11) is 0. The number of thiocarbonyl (C=S) groups is 7. The molecule has 0 radical (unpaired) electrons. The van der Waals surface area contributed by atoms with Crippen LogP contribution in [0.25, 0.3) is 0 Å². The van der Waals surface area contributed by atoms with Crippen molar-refractivity contribution in [2.75, 3.05) is 0 Å². The molecule has 0 aliphatic heterocycles. The van der Waals surface area contributed by atoms with Crippen molar-refractivity contribution in [3.63, 3.8) is 0 Å². The molecule has 0 bridgehead atoms. The van der Waals surface area contributed by atoms with Crippen LogP contribution < -0.4 is 40.1 Å². The van der Waals surface area contributed by atoms with E-state index < -0.39 is 5.53 Å². The second kappa shape index (κ2) is 33.5. The van der Waals surface area contributed by atoms with Gasteiger partial charge in [-0.1, -0.05) is 53.9 Å². The molecular formula is C7H14MoN7PS14. The van der Waals surface area contributed by atoms with Gasteiger partial charge in [0.2, 0.25) is 0 Å². The fourth-order valence-corrected chi connectivity index (χ4v) is 12.4. The van der Waals surface area contributed by atoms with Gasteiger partial charge in [0, 0.05) is 0 Å². The maximum Gasteiger partial charge on any atom is 4.00 e. The van der Waals surface area contributed by atoms with Gasteiger partial charge in [-0.15, -0.1) is 0 Å². The van der Waals surface area contributed by atoms with E-state index in [9.17, 15) is 0 Å². The van der Waals surface area contributed by atoms with Gasteiger partial charge in [0.05, 0.1) is 5.53 Å². The second-order valence-electron chi connectivity index (χ2n) is 2.73. The predicted octanol–water partition coefficient (Wildman–Crippen LogP) is 1.25. The van der Waals surface area contributed by atoms with Crippen LogP contribution >= 0.6 is 125 Å². The van der Waals surface area contributed by atoms with E-state index in [1.165, 1.54) is 34.1 Å². The Kier molecular flexibility index (Phi) is 51.0. The fourth-order valence-electron chi connectivity index (χ4n) is 0.276. The molecule has 14 N–H and O–H groups in total. The van der Waals surface area contributed by atoms with Gasteiger partial charge in [-0.05, 0) is 34.1 Å². The first-order chi connectivity index (χ1) is 12.8. The molecule has 30 heavy (non-hydrogen) atoms. The van der Waals surface area contributed by atoms with E-state index >= 15 is 0 Å². The average Bonchev–Trinajstić information content (AvgIpc) is 2.32. The molecule has 0 aromatic rings. The van der Waals surface area contributed by atoms with Crippen LogP contribution in [0.2, 0.25) is 0 Å². The first-order valence-electron chi connectivity index (χ1n) is 5.43. The quantitative estimate of drug-likeness (QED) is 0.0942. The molecule has 7 nitrogen and oxygen atoms in total. The van der Waals surface area contributed by atoms with Gasteiger partial charge in [-0.25, -0.2) is 0 Å². The molecule has 0 aliphatic carbocycles. The van der Waals surface area contributed by atoms with Gasteiger partial charge in [0.25, 0.3) is 0 Å². The molecule has 0 aromatic carbocycles. The maximum atomic E-state index is 5.36. The van der Waals surface area contributed by atoms with Crippen LogP contribution in [0.3, 0.4) is 0 Å². The van der Waals surface area contributed by atoms with Crippen molar-refractivity contribution >= 4 is 206 Å². The Morgan fingerprint density at radius 3 is 0.633 bits per heavy atom. The van der Waals surface area contributed by atoms with Crippen molar-refractivity contribution in [2.45, 2.75) is 0 Å². The molecule has 23 heteroatoms. The van der Waals surface area contributed by atoms with Crippen LogP contribution in [0, 0.1) is 0 Å². The number of rotatable bonds is 3. The van der Waals surface area contributed by atoms with Gasteiger partial charge in [0.1, 0.15) is 13.0 Å². The largest absolute Gasteiger partial charge is 4.00 e. The summed E-state index contributed by atoms with van der Waals surface area (Å²) < 4.78 is 1.37. The van der Waals surface area contributed by atoms with Crippen molar-refractivity contribution in [1.82, 2.24) is 0 Å². The standard InChI is InChI=1S/C3H6N3PS6.4CH3NS2.Mo/c4-1(8)11-7(12-2(5)9)13-3(6)10;4*2-1(3)4;/h(H2,4,8)(H2,5,9)(H2,6,10);4*(H3,2,3,4);/q;;;;;+4/p-4. The first kappa shape index (κ1) is 45.7. The molecule has 0 spiro atoms. The summed E-state index contributed by atoms with van der Waals surface area (Å²) in [6.07, 6.45) is 0. The molecule has 0 fully saturated rings. The van der Waals surface area contributed by atoms with Gasteiger partial charge < -0.3 is 140 Å². The van der Waals surface area contributed by atoms with Crippen molar-refractivity contribution in [2.24, 2.45) is 40.1 Å². The topological polar surface area (TPSA) is 182 Å². The van der Waals surface area contributed by atoms with Gasteiger partial charge in [-0.3, -0.25) is 0 Å². The minimum atomic E-state index is -0.728. The molecule has 0 saturated carbocycles. The fraction of sp³-hybridized carbons (Fsp3) is 0. The minimum Gasteiger partial charge on any atom is -0.415 e. The van der Waals surface area contributed by atoms with E-state index in [-0.39, 0.29) is 38.3 Å². The Bertz CT molecular complexity index is 461. The molecule has 0 aromatic heterocycles. The van der Waals surface area contributed by atoms with E-state index in [1.54, 1.807) is 0 Å². The second-order valence-corrected chi connectivity index (χ2v) is 18.7. The summed E-state index contributed by atoms with van der Waals surface area (Å²) in [5.41, 5.74) is 34.0. The average molecular weight is 772 g/mol. The third kappa shape index (κ3) is 127. The summed E-state index contributed by atoms with van der Waals surface area (Å²) in [4.78, 5) is 0. The predicted molar refractivity (Wildman–Crippen MR) is 177 cm³/mol. The Balaban J connectivity index is -0.0000000700. The zero-order chi connectivity index (χ0) is 24.7. The first-order valence-corrected chi connectivity index (χ1v) is 15.5. The van der Waals surface area contributed by atoms with E-state index in [4.69, 9.17) is 53.9 Å². The van der Waals surface area contributed by atoms with Crippen LogP contribution in [-0.2, 0) is 71.6 Å². The molecule has 0 aliphatic rings. The number of hydrogen-bond acceptors (Lipinski definition) is 14. The van der Waals surface area contributed by atoms with E-state index in [0.717, 1.165) is 0 Å². The van der Waals surface area contributed by atoms with Crippen molar-refractivity contribution in [3.8, 4) is 0 Å². The molecule has 0 saturated heterocycles. The van der Waals surface area contributed by atoms with Crippen LogP contribution in [-0.4, -0.2) is 30.2 Å². The SMILES string of the molecule is NC(=S)SP(SC(N)=S)SC(N)=S.NC(=S)[S-].NC(=S)[S-].NC(=S)[S-].NC(=S)[S-].[Mo+4]. The minimum absolute atomic E-state index is 0. The molecule has 0 atom stereocenters. The third-order valence-electron chi connectivity index (χ3n) is 0.494. The van der Waals surface area contributed by atoms with E-state index in [1.807, 2.05) is 0 Å². The number of hydrogen-bond donors (Lipinski definition) is 7. The van der Waals surface area contributed by atoms with Gasteiger partial charge in [0.15, 0.2) is 0 Å². The maximum absolute atomic E-state index is 5.36. The van der Waals surface area contributed by atoms with Crippen molar-refractivity contribution in [3.05, 3.63) is 0 Å². The summed E-state index contributed by atoms with van der Waals surface area (Å²) in [5, 5.41) is 0. The summed E-state index contributed by atoms with van der Waals surface area (Å²) >= 11 is 51.2. The van der Waals surface area contributed by atoms with Crippen LogP contribution in [0.4, 0.5) is 0 Å². The van der Waals surface area contributed by atoms with E-state index in [2.05, 4.69) is 122 Å². The Hall–Kier alpha value is 2.28. The van der Waals surface area contributed by atoms with Crippen LogP contribution in [0.5, 0.6) is 0 Å². The van der Waals surface area contributed by atoms with Crippen LogP contribution in [0.1, 0.15) is 0 Å². The zero-order valence-corrected chi connectivity index (χ0v) is 28.4. The molecule has 0 unspecified atom stereocenters. The molecule has 0 rings (SSSR count). The Morgan fingerprint density at radius 2 is 0.567 bits per heavy atom.